The van der Waals surface area contributed by atoms with Gasteiger partial charge in [-0.15, -0.1) is 0 Å². The van der Waals surface area contributed by atoms with E-state index in [1.165, 1.54) is 6.07 Å². The number of hydrogen-bond donors (Lipinski definition) is 0. The van der Waals surface area contributed by atoms with Crippen molar-refractivity contribution in [2.45, 2.75) is 6.18 Å². The topological polar surface area (TPSA) is 49.6 Å². The van der Waals surface area contributed by atoms with E-state index in [-0.39, 0.29) is 0 Å². The lowest BCUT2D eigenvalue weighted by Crippen LogP contribution is -2.11. The highest BCUT2D eigenvalue weighted by Gasteiger charge is 2.35. The Morgan fingerprint density at radius 3 is 2.46 bits per heavy atom. The normalized spacial score (nSPS) is 11.0. The first-order chi connectivity index (χ1) is 5.93. The maximum absolute atomic E-state index is 12.0. The van der Waals surface area contributed by atoms with Crippen molar-refractivity contribution in [1.29, 1.82) is 5.26 Å². The molecule has 1 heterocycles. The van der Waals surface area contributed by atoms with Crippen LogP contribution in [-0.2, 0) is 6.18 Å². The van der Waals surface area contributed by atoms with E-state index in [1.54, 1.807) is 0 Å². The maximum Gasteiger partial charge on any atom is 0.451 e. The minimum atomic E-state index is -4.68. The molecular formula is C6HClF3N3. The van der Waals surface area contributed by atoms with Gasteiger partial charge in [-0.05, 0) is 0 Å². The Labute approximate surface area is 75.8 Å². The van der Waals surface area contributed by atoms with Gasteiger partial charge in [0.1, 0.15) is 16.9 Å². The Morgan fingerprint density at radius 1 is 1.38 bits per heavy atom. The molecule has 0 aliphatic rings. The van der Waals surface area contributed by atoms with Gasteiger partial charge in [-0.2, -0.15) is 18.4 Å². The maximum atomic E-state index is 12.0. The van der Waals surface area contributed by atoms with E-state index in [2.05, 4.69) is 9.97 Å². The molecule has 0 fully saturated rings. The van der Waals surface area contributed by atoms with Gasteiger partial charge in [0.05, 0.1) is 0 Å². The largest absolute Gasteiger partial charge is 0.451 e. The number of halogens is 4. The summed E-state index contributed by atoms with van der Waals surface area (Å²) >= 11 is 5.23. The van der Waals surface area contributed by atoms with Crippen LogP contribution in [0.2, 0.25) is 5.15 Å². The SMILES string of the molecule is N#Cc1cc(Cl)nc(C(F)(F)F)n1. The fourth-order valence-corrected chi connectivity index (χ4v) is 0.785. The van der Waals surface area contributed by atoms with E-state index >= 15 is 0 Å². The fourth-order valence-electron chi connectivity index (χ4n) is 0.602. The number of hydrogen-bond acceptors (Lipinski definition) is 3. The third kappa shape index (κ3) is 2.29. The summed E-state index contributed by atoms with van der Waals surface area (Å²) in [4.78, 5) is 5.87. The predicted molar refractivity (Wildman–Crippen MR) is 36.8 cm³/mol. The molecule has 3 nitrogen and oxygen atoms in total. The highest BCUT2D eigenvalue weighted by atomic mass is 35.5. The van der Waals surface area contributed by atoms with Crippen LogP contribution in [0.4, 0.5) is 13.2 Å². The molecule has 1 aromatic heterocycles. The first-order valence-electron chi connectivity index (χ1n) is 2.95. The van der Waals surface area contributed by atoms with Crippen LogP contribution < -0.4 is 0 Å². The van der Waals surface area contributed by atoms with E-state index in [9.17, 15) is 13.2 Å². The summed E-state index contributed by atoms with van der Waals surface area (Å²) in [6.07, 6.45) is -4.68. The van der Waals surface area contributed by atoms with Crippen molar-refractivity contribution in [3.05, 3.63) is 22.7 Å². The van der Waals surface area contributed by atoms with E-state index in [1.807, 2.05) is 0 Å². The van der Waals surface area contributed by atoms with Crippen LogP contribution >= 0.6 is 11.6 Å². The summed E-state index contributed by atoms with van der Waals surface area (Å²) in [7, 11) is 0. The molecule has 1 rings (SSSR count). The van der Waals surface area contributed by atoms with Crippen molar-refractivity contribution in [2.24, 2.45) is 0 Å². The van der Waals surface area contributed by atoms with Crippen molar-refractivity contribution in [1.82, 2.24) is 9.97 Å². The summed E-state index contributed by atoms with van der Waals surface area (Å²) in [6.45, 7) is 0. The van der Waals surface area contributed by atoms with Crippen molar-refractivity contribution in [2.75, 3.05) is 0 Å². The minimum absolute atomic E-state index is 0.404. The van der Waals surface area contributed by atoms with E-state index in [0.717, 1.165) is 6.07 Å². The minimum Gasteiger partial charge on any atom is -0.213 e. The second-order valence-corrected chi connectivity index (χ2v) is 2.40. The molecule has 13 heavy (non-hydrogen) atoms. The summed E-state index contributed by atoms with van der Waals surface area (Å²) in [5.74, 6) is -1.41. The van der Waals surface area contributed by atoms with Crippen molar-refractivity contribution >= 4 is 11.6 Å². The molecule has 0 bridgehead atoms. The van der Waals surface area contributed by atoms with E-state index < -0.39 is 22.8 Å². The highest BCUT2D eigenvalue weighted by molar-refractivity contribution is 6.29. The molecule has 1 aromatic rings. The molecule has 0 atom stereocenters. The van der Waals surface area contributed by atoms with Crippen LogP contribution in [0.5, 0.6) is 0 Å². The summed E-state index contributed by atoms with van der Waals surface area (Å²) in [6, 6.07) is 2.40. The van der Waals surface area contributed by atoms with Crippen LogP contribution in [0.1, 0.15) is 11.5 Å². The van der Waals surface area contributed by atoms with Gasteiger partial charge in [0.15, 0.2) is 0 Å². The second-order valence-electron chi connectivity index (χ2n) is 2.01. The van der Waals surface area contributed by atoms with Gasteiger partial charge < -0.3 is 0 Å². The van der Waals surface area contributed by atoms with Crippen LogP contribution in [0, 0.1) is 11.3 Å². The third-order valence-corrected chi connectivity index (χ3v) is 1.26. The summed E-state index contributed by atoms with van der Waals surface area (Å²) in [5, 5.41) is 7.88. The van der Waals surface area contributed by atoms with E-state index in [4.69, 9.17) is 16.9 Å². The first-order valence-corrected chi connectivity index (χ1v) is 3.33. The first kappa shape index (κ1) is 9.74. The van der Waals surface area contributed by atoms with Gasteiger partial charge in [0.25, 0.3) is 0 Å². The molecule has 0 amide bonds. The summed E-state index contributed by atoms with van der Waals surface area (Å²) < 4.78 is 36.0. The van der Waals surface area contributed by atoms with Crippen LogP contribution in [0.3, 0.4) is 0 Å². The number of nitrogens with zero attached hydrogens (tertiary/aromatic N) is 3. The lowest BCUT2D eigenvalue weighted by Gasteiger charge is -2.03. The van der Waals surface area contributed by atoms with Crippen molar-refractivity contribution in [3.63, 3.8) is 0 Å². The highest BCUT2D eigenvalue weighted by Crippen LogP contribution is 2.26. The molecule has 0 spiro atoms. The lowest BCUT2D eigenvalue weighted by molar-refractivity contribution is -0.145. The van der Waals surface area contributed by atoms with Gasteiger partial charge in [-0.3, -0.25) is 0 Å². The van der Waals surface area contributed by atoms with Gasteiger partial charge in [-0.1, -0.05) is 11.6 Å². The number of aromatic nitrogens is 2. The molecule has 0 aliphatic heterocycles. The average molecular weight is 208 g/mol. The molecule has 0 aromatic carbocycles. The standard InChI is InChI=1S/C6HClF3N3/c7-4-1-3(2-11)12-5(13-4)6(8,9)10/h1H. The zero-order valence-electron chi connectivity index (χ0n) is 5.93. The molecule has 68 valence electrons. The van der Waals surface area contributed by atoms with Crippen molar-refractivity contribution in [3.8, 4) is 6.07 Å². The molecule has 0 N–H and O–H groups in total. The fraction of sp³-hybridized carbons (Fsp3) is 0.167. The zero-order valence-corrected chi connectivity index (χ0v) is 6.69. The Kier molecular flexibility index (Phi) is 2.38. The molecule has 0 aliphatic carbocycles. The Hall–Kier alpha value is -1.35. The van der Waals surface area contributed by atoms with Gasteiger partial charge >= 0.3 is 6.18 Å². The molecule has 0 radical (unpaired) electrons. The summed E-state index contributed by atoms with van der Waals surface area (Å²) in [5.41, 5.74) is -0.410. The monoisotopic (exact) mass is 207 g/mol. The number of alkyl halides is 3. The Bertz CT molecular complexity index is 368. The lowest BCUT2D eigenvalue weighted by atomic mass is 10.4. The van der Waals surface area contributed by atoms with E-state index in [0.29, 0.717) is 0 Å². The van der Waals surface area contributed by atoms with Crippen LogP contribution in [-0.4, -0.2) is 9.97 Å². The molecule has 7 heteroatoms. The van der Waals surface area contributed by atoms with Gasteiger partial charge in [-0.25, -0.2) is 9.97 Å². The smallest absolute Gasteiger partial charge is 0.213 e. The van der Waals surface area contributed by atoms with Crippen molar-refractivity contribution < 1.29 is 13.2 Å². The Morgan fingerprint density at radius 2 is 2.00 bits per heavy atom. The predicted octanol–water partition coefficient (Wildman–Crippen LogP) is 2.02. The average Bonchev–Trinajstić information content (AvgIpc) is 2.01. The second kappa shape index (κ2) is 3.18. The van der Waals surface area contributed by atoms with Crippen LogP contribution in [0.25, 0.3) is 0 Å². The number of nitriles is 1. The zero-order chi connectivity index (χ0) is 10.1. The molecule has 0 saturated heterocycles. The molecule has 0 saturated carbocycles. The van der Waals surface area contributed by atoms with Gasteiger partial charge in [0, 0.05) is 6.07 Å². The van der Waals surface area contributed by atoms with Crippen LogP contribution in [0.15, 0.2) is 6.07 Å². The molecule has 0 unspecified atom stereocenters. The quantitative estimate of drug-likeness (QED) is 0.612. The van der Waals surface area contributed by atoms with Gasteiger partial charge in [0.2, 0.25) is 5.82 Å². The Balaban J connectivity index is 3.26. The molecular weight excluding hydrogens is 207 g/mol. The number of rotatable bonds is 0. The third-order valence-electron chi connectivity index (χ3n) is 1.06.